The molecule has 6 nitrogen and oxygen atoms in total. The number of rotatable bonds is 10. The number of hydrogen-bond acceptors (Lipinski definition) is 5. The number of pyridine rings is 2. The average Bonchev–Trinajstić information content (AvgIpc) is 2.82. The number of benzene rings is 1. The molecule has 0 saturated carbocycles. The Bertz CT molecular complexity index is 1060. The number of carbonyl (C=O) groups excluding carboxylic acids is 1. The summed E-state index contributed by atoms with van der Waals surface area (Å²) in [5.41, 5.74) is 11.7. The van der Waals surface area contributed by atoms with Gasteiger partial charge in [0.1, 0.15) is 0 Å². The maximum atomic E-state index is 12.2. The zero-order valence-electron chi connectivity index (χ0n) is 20.0. The third-order valence-electron chi connectivity index (χ3n) is 6.10. The first-order valence-electron chi connectivity index (χ1n) is 11.5. The van der Waals surface area contributed by atoms with Gasteiger partial charge in [0, 0.05) is 48.2 Å². The number of amides is 1. The van der Waals surface area contributed by atoms with Crippen molar-refractivity contribution in [1.82, 2.24) is 14.9 Å². The number of nitrogens with zero attached hydrogens (tertiary/aromatic N) is 3. The first-order chi connectivity index (χ1) is 15.8. The summed E-state index contributed by atoms with van der Waals surface area (Å²) >= 11 is 0. The molecule has 3 rings (SSSR count). The second-order valence-electron chi connectivity index (χ2n) is 8.57. The van der Waals surface area contributed by atoms with E-state index in [-0.39, 0.29) is 5.92 Å². The average molecular weight is 447 g/mol. The highest BCUT2D eigenvalue weighted by Gasteiger charge is 2.21. The van der Waals surface area contributed by atoms with Gasteiger partial charge in [-0.2, -0.15) is 0 Å². The van der Waals surface area contributed by atoms with Gasteiger partial charge in [-0.15, -0.1) is 0 Å². The minimum Gasteiger partial charge on any atom is -0.387 e. The molecule has 0 aliphatic rings. The summed E-state index contributed by atoms with van der Waals surface area (Å²) in [4.78, 5) is 23.4. The fourth-order valence-electron chi connectivity index (χ4n) is 3.99. The van der Waals surface area contributed by atoms with Crippen molar-refractivity contribution in [3.05, 3.63) is 94.1 Å². The molecule has 2 unspecified atom stereocenters. The van der Waals surface area contributed by atoms with Gasteiger partial charge >= 0.3 is 0 Å². The normalized spacial score (nSPS) is 13.2. The minimum absolute atomic E-state index is 0.0907. The van der Waals surface area contributed by atoms with E-state index >= 15 is 0 Å². The van der Waals surface area contributed by atoms with Crippen LogP contribution in [0.1, 0.15) is 69.9 Å². The van der Waals surface area contributed by atoms with Crippen LogP contribution in [-0.4, -0.2) is 45.5 Å². The SMILES string of the molecule is CCN(CC)CC(O)c1cc(C(N)=O)cc(C(Cc2ccc(C)cn2)c2ccc(C)nc2)c1. The molecular formula is C27H34N4O2. The Balaban J connectivity index is 2.07. The number of hydrogen-bond donors (Lipinski definition) is 2. The van der Waals surface area contributed by atoms with E-state index in [0.717, 1.165) is 41.2 Å². The predicted octanol–water partition coefficient (Wildman–Crippen LogP) is 3.94. The summed E-state index contributed by atoms with van der Waals surface area (Å²) in [6.45, 7) is 10.3. The Labute approximate surface area is 196 Å². The lowest BCUT2D eigenvalue weighted by atomic mass is 9.85. The van der Waals surface area contributed by atoms with Gasteiger partial charge in [-0.1, -0.05) is 32.0 Å². The first kappa shape index (κ1) is 24.6. The van der Waals surface area contributed by atoms with Crippen molar-refractivity contribution < 1.29 is 9.90 Å². The summed E-state index contributed by atoms with van der Waals surface area (Å²) < 4.78 is 0. The van der Waals surface area contributed by atoms with Crippen LogP contribution in [0.5, 0.6) is 0 Å². The molecule has 1 amide bonds. The molecule has 2 aromatic heterocycles. The maximum absolute atomic E-state index is 12.2. The van der Waals surface area contributed by atoms with Crippen LogP contribution in [0.4, 0.5) is 0 Å². The quantitative estimate of drug-likeness (QED) is 0.492. The molecule has 0 spiro atoms. The van der Waals surface area contributed by atoms with Crippen molar-refractivity contribution in [2.75, 3.05) is 19.6 Å². The van der Waals surface area contributed by atoms with E-state index in [1.165, 1.54) is 0 Å². The highest BCUT2D eigenvalue weighted by molar-refractivity contribution is 5.93. The molecule has 3 N–H and O–H groups in total. The first-order valence-corrected chi connectivity index (χ1v) is 11.5. The predicted molar refractivity (Wildman–Crippen MR) is 131 cm³/mol. The van der Waals surface area contributed by atoms with Crippen LogP contribution >= 0.6 is 0 Å². The number of likely N-dealkylation sites (N-methyl/N-ethyl adjacent to an activating group) is 1. The van der Waals surface area contributed by atoms with Crippen molar-refractivity contribution in [3.63, 3.8) is 0 Å². The Morgan fingerprint density at radius 3 is 2.27 bits per heavy atom. The number of primary amides is 1. The van der Waals surface area contributed by atoms with E-state index in [9.17, 15) is 9.90 Å². The van der Waals surface area contributed by atoms with E-state index in [0.29, 0.717) is 24.1 Å². The largest absolute Gasteiger partial charge is 0.387 e. The second kappa shape index (κ2) is 11.2. The van der Waals surface area contributed by atoms with Crippen LogP contribution in [0.15, 0.2) is 54.9 Å². The number of aryl methyl sites for hydroxylation is 2. The molecule has 0 bridgehead atoms. The Morgan fingerprint density at radius 2 is 1.70 bits per heavy atom. The summed E-state index contributed by atoms with van der Waals surface area (Å²) in [5.74, 6) is -0.602. The van der Waals surface area contributed by atoms with Gasteiger partial charge < -0.3 is 15.7 Å². The van der Waals surface area contributed by atoms with Crippen LogP contribution in [0.2, 0.25) is 0 Å². The standard InChI is InChI=1S/C27H34N4O2/c1-5-31(6-2)17-26(32)22-11-21(12-23(13-22)27(28)33)25(20-9-8-19(4)29-16-20)14-24-10-7-18(3)15-30-24/h7-13,15-16,25-26,32H,5-6,14,17H2,1-4H3,(H2,28,33). The van der Waals surface area contributed by atoms with E-state index in [2.05, 4.69) is 34.8 Å². The zero-order chi connectivity index (χ0) is 24.0. The highest BCUT2D eigenvalue weighted by Crippen LogP contribution is 2.31. The molecule has 33 heavy (non-hydrogen) atoms. The molecule has 0 aliphatic heterocycles. The Kier molecular flexibility index (Phi) is 8.31. The molecule has 0 aliphatic carbocycles. The van der Waals surface area contributed by atoms with Crippen LogP contribution in [0.25, 0.3) is 0 Å². The highest BCUT2D eigenvalue weighted by atomic mass is 16.3. The molecular weight excluding hydrogens is 412 g/mol. The van der Waals surface area contributed by atoms with E-state index in [1.54, 1.807) is 6.07 Å². The lowest BCUT2D eigenvalue weighted by molar-refractivity contribution is 0.0999. The summed E-state index contributed by atoms with van der Waals surface area (Å²) in [5, 5.41) is 11.0. The molecule has 2 atom stereocenters. The summed E-state index contributed by atoms with van der Waals surface area (Å²) in [6, 6.07) is 13.6. The third-order valence-corrected chi connectivity index (χ3v) is 6.10. The van der Waals surface area contributed by atoms with Crippen LogP contribution in [-0.2, 0) is 6.42 Å². The number of aliphatic hydroxyl groups excluding tert-OH is 1. The topological polar surface area (TPSA) is 92.3 Å². The number of aliphatic hydroxyl groups is 1. The molecule has 3 aromatic rings. The van der Waals surface area contributed by atoms with Crippen LogP contribution in [0, 0.1) is 13.8 Å². The molecule has 0 fully saturated rings. The van der Waals surface area contributed by atoms with Gasteiger partial charge in [-0.05, 0) is 73.5 Å². The molecule has 174 valence electrons. The van der Waals surface area contributed by atoms with Crippen molar-refractivity contribution in [1.29, 1.82) is 0 Å². The number of aromatic nitrogens is 2. The van der Waals surface area contributed by atoms with Crippen molar-refractivity contribution >= 4 is 5.91 Å². The van der Waals surface area contributed by atoms with Crippen molar-refractivity contribution in [2.24, 2.45) is 5.73 Å². The van der Waals surface area contributed by atoms with Gasteiger partial charge in [0.05, 0.1) is 6.10 Å². The van der Waals surface area contributed by atoms with Gasteiger partial charge in [0.15, 0.2) is 0 Å². The fourth-order valence-corrected chi connectivity index (χ4v) is 3.99. The third kappa shape index (κ3) is 6.46. The van der Waals surface area contributed by atoms with Gasteiger partial charge in [0.25, 0.3) is 0 Å². The number of nitrogens with two attached hydrogens (primary N) is 1. The van der Waals surface area contributed by atoms with Crippen LogP contribution < -0.4 is 5.73 Å². The van der Waals surface area contributed by atoms with Gasteiger partial charge in [0.2, 0.25) is 5.91 Å². The van der Waals surface area contributed by atoms with E-state index in [1.807, 2.05) is 56.6 Å². The van der Waals surface area contributed by atoms with Crippen LogP contribution in [0.3, 0.4) is 0 Å². The molecule has 6 heteroatoms. The Morgan fingerprint density at radius 1 is 0.970 bits per heavy atom. The molecule has 0 saturated heterocycles. The van der Waals surface area contributed by atoms with Gasteiger partial charge in [-0.25, -0.2) is 0 Å². The van der Waals surface area contributed by atoms with E-state index < -0.39 is 12.0 Å². The molecule has 0 radical (unpaired) electrons. The maximum Gasteiger partial charge on any atom is 0.248 e. The van der Waals surface area contributed by atoms with Crippen molar-refractivity contribution in [2.45, 2.75) is 46.1 Å². The fraction of sp³-hybridized carbons (Fsp3) is 0.370. The van der Waals surface area contributed by atoms with Crippen molar-refractivity contribution in [3.8, 4) is 0 Å². The van der Waals surface area contributed by atoms with E-state index in [4.69, 9.17) is 5.73 Å². The Hall–Kier alpha value is -3.09. The number of carbonyl (C=O) groups is 1. The van der Waals surface area contributed by atoms with Gasteiger partial charge in [-0.3, -0.25) is 14.8 Å². The second-order valence-corrected chi connectivity index (χ2v) is 8.57. The zero-order valence-corrected chi connectivity index (χ0v) is 20.0. The summed E-state index contributed by atoms with van der Waals surface area (Å²) in [7, 11) is 0. The summed E-state index contributed by atoms with van der Waals surface area (Å²) in [6.07, 6.45) is 3.65. The molecule has 2 heterocycles. The molecule has 1 aromatic carbocycles. The minimum atomic E-state index is -0.725. The lowest BCUT2D eigenvalue weighted by Gasteiger charge is -2.24. The monoisotopic (exact) mass is 446 g/mol. The lowest BCUT2D eigenvalue weighted by Crippen LogP contribution is -2.28. The smallest absolute Gasteiger partial charge is 0.248 e.